The predicted octanol–water partition coefficient (Wildman–Crippen LogP) is 4.25. The number of hydrogen-bond acceptors (Lipinski definition) is 3. The van der Waals surface area contributed by atoms with Crippen LogP contribution in [-0.2, 0) is 10.2 Å². The summed E-state index contributed by atoms with van der Waals surface area (Å²) >= 11 is 5.89. The maximum Gasteiger partial charge on any atom is 0.335 e. The number of carbonyl (C=O) groups excluding carboxylic acids is 1. The summed E-state index contributed by atoms with van der Waals surface area (Å²) in [4.78, 5) is 24.0. The number of fused-ring (bicyclic) bond motifs is 2. The first kappa shape index (κ1) is 16.9. The molecule has 0 unspecified atom stereocenters. The molecule has 2 aromatic rings. The van der Waals surface area contributed by atoms with E-state index >= 15 is 0 Å². The van der Waals surface area contributed by atoms with Gasteiger partial charge in [0, 0.05) is 10.7 Å². The number of ether oxygens (including phenoxy) is 1. The monoisotopic (exact) mass is 371 g/mol. The van der Waals surface area contributed by atoms with Crippen molar-refractivity contribution in [2.24, 2.45) is 0 Å². The van der Waals surface area contributed by atoms with E-state index in [4.69, 9.17) is 16.3 Å². The Morgan fingerprint density at radius 1 is 1.15 bits per heavy atom. The summed E-state index contributed by atoms with van der Waals surface area (Å²) in [5.74, 6) is -0.262. The number of hydrogen-bond donors (Lipinski definition) is 2. The molecule has 0 radical (unpaired) electrons. The molecular weight excluding hydrogens is 354 g/mol. The van der Waals surface area contributed by atoms with E-state index in [1.165, 1.54) is 6.07 Å². The lowest BCUT2D eigenvalue weighted by molar-refractivity contribution is -0.122. The fraction of sp³-hybridized carbons (Fsp3) is 0.300. The van der Waals surface area contributed by atoms with Gasteiger partial charge in [-0.15, -0.1) is 0 Å². The van der Waals surface area contributed by atoms with E-state index in [1.54, 1.807) is 24.3 Å². The quantitative estimate of drug-likeness (QED) is 0.845. The third-order valence-electron chi connectivity index (χ3n) is 5.37. The molecule has 2 aliphatic rings. The van der Waals surface area contributed by atoms with Crippen LogP contribution in [0.15, 0.2) is 42.5 Å². The van der Waals surface area contributed by atoms with Gasteiger partial charge in [0.05, 0.1) is 17.1 Å². The number of nitrogens with one attached hydrogen (secondary N) is 1. The molecule has 1 amide bonds. The van der Waals surface area contributed by atoms with Crippen molar-refractivity contribution in [1.82, 2.24) is 0 Å². The van der Waals surface area contributed by atoms with Crippen molar-refractivity contribution in [3.63, 3.8) is 0 Å². The zero-order valence-corrected chi connectivity index (χ0v) is 14.8. The SMILES string of the molecule is O=C(O)c1ccc2c(c1)[C@]1(CC[C@H](Oc3ccc(Cl)cc3)CC1)C(=O)N2. The molecule has 134 valence electrons. The summed E-state index contributed by atoms with van der Waals surface area (Å²) in [6.45, 7) is 0. The van der Waals surface area contributed by atoms with Crippen molar-refractivity contribution in [3.8, 4) is 5.75 Å². The minimum atomic E-state index is -0.984. The van der Waals surface area contributed by atoms with Crippen molar-refractivity contribution in [1.29, 1.82) is 0 Å². The van der Waals surface area contributed by atoms with E-state index in [-0.39, 0.29) is 17.6 Å². The Kier molecular flexibility index (Phi) is 4.11. The Hall–Kier alpha value is -2.53. The molecule has 2 N–H and O–H groups in total. The summed E-state index contributed by atoms with van der Waals surface area (Å²) in [5, 5.41) is 12.8. The smallest absolute Gasteiger partial charge is 0.335 e. The molecule has 1 aliphatic heterocycles. The van der Waals surface area contributed by atoms with E-state index < -0.39 is 11.4 Å². The Morgan fingerprint density at radius 3 is 2.50 bits per heavy atom. The fourth-order valence-electron chi connectivity index (χ4n) is 3.95. The maximum absolute atomic E-state index is 12.7. The van der Waals surface area contributed by atoms with Gasteiger partial charge in [0.1, 0.15) is 5.75 Å². The van der Waals surface area contributed by atoms with E-state index in [2.05, 4.69) is 5.32 Å². The fourth-order valence-corrected chi connectivity index (χ4v) is 4.08. The summed E-state index contributed by atoms with van der Waals surface area (Å²) in [6, 6.07) is 12.1. The zero-order valence-electron chi connectivity index (χ0n) is 14.0. The van der Waals surface area contributed by atoms with E-state index in [9.17, 15) is 14.7 Å². The molecular formula is C20H18ClNO4. The van der Waals surface area contributed by atoms with Gasteiger partial charge in [-0.3, -0.25) is 4.79 Å². The maximum atomic E-state index is 12.7. The van der Waals surface area contributed by atoms with Crippen LogP contribution in [0, 0.1) is 0 Å². The van der Waals surface area contributed by atoms with Crippen LogP contribution in [0.2, 0.25) is 5.02 Å². The number of amides is 1. The molecule has 2 aromatic carbocycles. The number of halogens is 1. The lowest BCUT2D eigenvalue weighted by atomic mass is 9.69. The molecule has 1 aliphatic carbocycles. The van der Waals surface area contributed by atoms with Gasteiger partial charge in [-0.25, -0.2) is 4.79 Å². The van der Waals surface area contributed by atoms with Crippen molar-refractivity contribution in [2.45, 2.75) is 37.2 Å². The van der Waals surface area contributed by atoms with E-state index in [0.717, 1.165) is 29.8 Å². The van der Waals surface area contributed by atoms with Crippen LogP contribution >= 0.6 is 11.6 Å². The molecule has 0 bridgehead atoms. The highest BCUT2D eigenvalue weighted by atomic mass is 35.5. The van der Waals surface area contributed by atoms with Crippen LogP contribution in [0.5, 0.6) is 5.75 Å². The van der Waals surface area contributed by atoms with Gasteiger partial charge in [0.2, 0.25) is 5.91 Å². The third-order valence-corrected chi connectivity index (χ3v) is 5.62. The second-order valence-corrected chi connectivity index (χ2v) is 7.31. The molecule has 26 heavy (non-hydrogen) atoms. The van der Waals surface area contributed by atoms with Crippen LogP contribution in [0.25, 0.3) is 0 Å². The van der Waals surface area contributed by atoms with Crippen LogP contribution < -0.4 is 10.1 Å². The van der Waals surface area contributed by atoms with Crippen molar-refractivity contribution in [3.05, 3.63) is 58.6 Å². The van der Waals surface area contributed by atoms with E-state index in [0.29, 0.717) is 17.9 Å². The van der Waals surface area contributed by atoms with Gasteiger partial charge < -0.3 is 15.2 Å². The highest BCUT2D eigenvalue weighted by molar-refractivity contribution is 6.30. The number of rotatable bonds is 3. The molecule has 5 nitrogen and oxygen atoms in total. The molecule has 0 saturated heterocycles. The summed E-state index contributed by atoms with van der Waals surface area (Å²) in [6.07, 6.45) is 2.75. The van der Waals surface area contributed by atoms with Crippen molar-refractivity contribution in [2.75, 3.05) is 5.32 Å². The lowest BCUT2D eigenvalue weighted by Gasteiger charge is -2.35. The normalized spacial score (nSPS) is 24.2. The van der Waals surface area contributed by atoms with Crippen molar-refractivity contribution < 1.29 is 19.4 Å². The molecule has 4 rings (SSSR count). The Morgan fingerprint density at radius 2 is 1.85 bits per heavy atom. The second-order valence-electron chi connectivity index (χ2n) is 6.87. The number of benzene rings is 2. The lowest BCUT2D eigenvalue weighted by Crippen LogP contribution is -2.40. The van der Waals surface area contributed by atoms with Gasteiger partial charge in [0.15, 0.2) is 0 Å². The molecule has 0 aromatic heterocycles. The summed E-state index contributed by atoms with van der Waals surface area (Å²) in [7, 11) is 0. The number of carboxylic acids is 1. The van der Waals surface area contributed by atoms with Crippen LogP contribution in [0.4, 0.5) is 5.69 Å². The van der Waals surface area contributed by atoms with Crippen LogP contribution in [-0.4, -0.2) is 23.1 Å². The molecule has 1 heterocycles. The minimum Gasteiger partial charge on any atom is -0.490 e. The average Bonchev–Trinajstić information content (AvgIpc) is 2.90. The standard InChI is InChI=1S/C20H18ClNO4/c21-13-2-4-14(5-3-13)26-15-7-9-20(10-8-15)16-11-12(18(23)24)1-6-17(16)22-19(20)25/h1-6,11,15H,7-10H2,(H,22,25)(H,23,24)/t15-,20+. The second kappa shape index (κ2) is 6.32. The topological polar surface area (TPSA) is 75.6 Å². The first-order valence-corrected chi connectivity index (χ1v) is 8.97. The molecule has 1 saturated carbocycles. The van der Waals surface area contributed by atoms with Crippen molar-refractivity contribution >= 4 is 29.2 Å². The van der Waals surface area contributed by atoms with Gasteiger partial charge in [-0.05, 0) is 73.7 Å². The number of anilines is 1. The summed E-state index contributed by atoms with van der Waals surface area (Å²) in [5.41, 5.74) is 1.07. The minimum absolute atomic E-state index is 0.0290. The predicted molar refractivity (Wildman–Crippen MR) is 98.0 cm³/mol. The highest BCUT2D eigenvalue weighted by Crippen LogP contribution is 2.48. The van der Waals surface area contributed by atoms with E-state index in [1.807, 2.05) is 12.1 Å². The average molecular weight is 372 g/mol. The number of carbonyl (C=O) groups is 2. The number of carboxylic acid groups (broad SMARTS) is 1. The zero-order chi connectivity index (χ0) is 18.3. The van der Waals surface area contributed by atoms with Gasteiger partial charge in [-0.1, -0.05) is 11.6 Å². The first-order chi connectivity index (χ1) is 12.5. The summed E-state index contributed by atoms with van der Waals surface area (Å²) < 4.78 is 6.01. The molecule has 1 fully saturated rings. The number of aromatic carboxylic acids is 1. The van der Waals surface area contributed by atoms with Gasteiger partial charge in [-0.2, -0.15) is 0 Å². The molecule has 6 heteroatoms. The van der Waals surface area contributed by atoms with Crippen LogP contribution in [0.1, 0.15) is 41.6 Å². The third kappa shape index (κ3) is 2.82. The largest absolute Gasteiger partial charge is 0.490 e. The highest BCUT2D eigenvalue weighted by Gasteiger charge is 2.49. The molecule has 0 atom stereocenters. The Labute approximate surface area is 155 Å². The van der Waals surface area contributed by atoms with Gasteiger partial charge in [0.25, 0.3) is 0 Å². The molecule has 1 spiro atoms. The van der Waals surface area contributed by atoms with Gasteiger partial charge >= 0.3 is 5.97 Å². The first-order valence-electron chi connectivity index (χ1n) is 8.59. The Bertz CT molecular complexity index is 870. The Balaban J connectivity index is 1.53. The van der Waals surface area contributed by atoms with Crippen LogP contribution in [0.3, 0.4) is 0 Å².